The van der Waals surface area contributed by atoms with Gasteiger partial charge in [0.15, 0.2) is 6.61 Å². The molecule has 0 fully saturated rings. The van der Waals surface area contributed by atoms with E-state index in [4.69, 9.17) is 9.15 Å². The molecule has 2 rings (SSSR count). The van der Waals surface area contributed by atoms with Gasteiger partial charge in [-0.3, -0.25) is 4.79 Å². The first-order chi connectivity index (χ1) is 12.7. The van der Waals surface area contributed by atoms with E-state index in [2.05, 4.69) is 5.32 Å². The summed E-state index contributed by atoms with van der Waals surface area (Å²) in [6.45, 7) is 3.37. The van der Waals surface area contributed by atoms with Gasteiger partial charge in [0.05, 0.1) is 5.56 Å². The molecule has 1 amide bonds. The summed E-state index contributed by atoms with van der Waals surface area (Å²) in [5.74, 6) is -1.41. The van der Waals surface area contributed by atoms with Gasteiger partial charge in [-0.25, -0.2) is 4.79 Å². The Morgan fingerprint density at radius 3 is 2.63 bits per heavy atom. The summed E-state index contributed by atoms with van der Waals surface area (Å²) < 4.78 is 48.5. The molecular formula is C19H20F3NO4. The highest BCUT2D eigenvalue weighted by Crippen LogP contribution is 2.32. The van der Waals surface area contributed by atoms with Gasteiger partial charge in [0.2, 0.25) is 5.76 Å². The van der Waals surface area contributed by atoms with E-state index in [-0.39, 0.29) is 23.1 Å². The molecule has 0 aliphatic rings. The number of rotatable bonds is 7. The summed E-state index contributed by atoms with van der Waals surface area (Å²) in [7, 11) is 0. The maximum absolute atomic E-state index is 12.8. The van der Waals surface area contributed by atoms with Gasteiger partial charge in [-0.2, -0.15) is 13.2 Å². The first-order valence-electron chi connectivity index (χ1n) is 8.44. The molecule has 0 aliphatic carbocycles. The van der Waals surface area contributed by atoms with Crippen molar-refractivity contribution in [1.29, 1.82) is 0 Å². The Labute approximate surface area is 154 Å². The Morgan fingerprint density at radius 1 is 1.22 bits per heavy atom. The summed E-state index contributed by atoms with van der Waals surface area (Å²) in [5, 5.41) is 2.69. The van der Waals surface area contributed by atoms with Crippen molar-refractivity contribution < 1.29 is 31.9 Å². The van der Waals surface area contributed by atoms with Crippen LogP contribution in [0.1, 0.15) is 42.8 Å². The Bertz CT molecular complexity index is 798. The molecule has 27 heavy (non-hydrogen) atoms. The largest absolute Gasteiger partial charge is 0.450 e. The second-order valence-corrected chi connectivity index (χ2v) is 6.08. The molecule has 8 heteroatoms. The second-order valence-electron chi connectivity index (χ2n) is 6.08. The number of carbonyl (C=O) groups excluding carboxylic acids is 2. The molecule has 0 radical (unpaired) electrons. The fourth-order valence-corrected chi connectivity index (χ4v) is 2.48. The number of esters is 1. The molecule has 5 nitrogen and oxygen atoms in total. The van der Waals surface area contributed by atoms with Gasteiger partial charge in [-0.05, 0) is 37.6 Å². The lowest BCUT2D eigenvalue weighted by Gasteiger charge is -2.12. The Balaban J connectivity index is 1.99. The fourth-order valence-electron chi connectivity index (χ4n) is 2.48. The Morgan fingerprint density at radius 2 is 1.96 bits per heavy atom. The van der Waals surface area contributed by atoms with Crippen molar-refractivity contribution in [2.75, 3.05) is 6.61 Å². The van der Waals surface area contributed by atoms with Crippen LogP contribution in [-0.2, 0) is 15.7 Å². The maximum Gasteiger partial charge on any atom is 0.416 e. The number of benzene rings is 1. The minimum Gasteiger partial charge on any atom is -0.450 e. The van der Waals surface area contributed by atoms with Crippen molar-refractivity contribution in [2.24, 2.45) is 0 Å². The van der Waals surface area contributed by atoms with Crippen molar-refractivity contribution in [3.63, 3.8) is 0 Å². The van der Waals surface area contributed by atoms with Crippen LogP contribution >= 0.6 is 0 Å². The van der Waals surface area contributed by atoms with E-state index >= 15 is 0 Å². The maximum atomic E-state index is 12.8. The van der Waals surface area contributed by atoms with Crippen LogP contribution in [0, 0.1) is 0 Å². The van der Waals surface area contributed by atoms with Gasteiger partial charge < -0.3 is 14.5 Å². The number of furan rings is 1. The third-order valence-electron chi connectivity index (χ3n) is 3.75. The third kappa shape index (κ3) is 5.87. The lowest BCUT2D eigenvalue weighted by Crippen LogP contribution is -2.35. The predicted octanol–water partition coefficient (Wildman–Crippen LogP) is 4.43. The summed E-state index contributed by atoms with van der Waals surface area (Å²) in [6, 6.07) is 7.19. The van der Waals surface area contributed by atoms with Crippen LogP contribution < -0.4 is 5.32 Å². The van der Waals surface area contributed by atoms with Gasteiger partial charge in [-0.15, -0.1) is 0 Å². The van der Waals surface area contributed by atoms with E-state index in [1.165, 1.54) is 24.3 Å². The van der Waals surface area contributed by atoms with Crippen LogP contribution in [0.25, 0.3) is 11.3 Å². The molecule has 1 atom stereocenters. The molecule has 1 aromatic heterocycles. The molecule has 0 saturated carbocycles. The quantitative estimate of drug-likeness (QED) is 0.719. The predicted molar refractivity (Wildman–Crippen MR) is 91.9 cm³/mol. The first kappa shape index (κ1) is 20.5. The van der Waals surface area contributed by atoms with Crippen molar-refractivity contribution in [2.45, 2.75) is 38.9 Å². The van der Waals surface area contributed by atoms with Crippen molar-refractivity contribution >= 4 is 11.9 Å². The van der Waals surface area contributed by atoms with Crippen LogP contribution in [-0.4, -0.2) is 24.5 Å². The second kappa shape index (κ2) is 8.75. The number of hydrogen-bond acceptors (Lipinski definition) is 4. The normalized spacial score (nSPS) is 12.5. The summed E-state index contributed by atoms with van der Waals surface area (Å²) in [6.07, 6.45) is -2.77. The zero-order chi connectivity index (χ0) is 20.0. The summed E-state index contributed by atoms with van der Waals surface area (Å²) in [4.78, 5) is 23.7. The molecule has 0 unspecified atom stereocenters. The molecular weight excluding hydrogens is 363 g/mol. The van der Waals surface area contributed by atoms with Gasteiger partial charge in [-0.1, -0.05) is 25.5 Å². The van der Waals surface area contributed by atoms with Crippen LogP contribution in [0.4, 0.5) is 13.2 Å². The molecule has 1 heterocycles. The van der Waals surface area contributed by atoms with E-state index in [1.807, 2.05) is 13.8 Å². The highest BCUT2D eigenvalue weighted by molar-refractivity contribution is 5.89. The van der Waals surface area contributed by atoms with Gasteiger partial charge in [0, 0.05) is 11.6 Å². The monoisotopic (exact) mass is 383 g/mol. The lowest BCUT2D eigenvalue weighted by molar-refractivity contribution is -0.137. The SMILES string of the molecule is CCC[C@H](C)NC(=O)COC(=O)c1ccc(-c2cccc(C(F)(F)F)c2)o1. The lowest BCUT2D eigenvalue weighted by atomic mass is 10.1. The van der Waals surface area contributed by atoms with Gasteiger partial charge in [0.25, 0.3) is 5.91 Å². The van der Waals surface area contributed by atoms with E-state index in [1.54, 1.807) is 0 Å². The van der Waals surface area contributed by atoms with Crippen molar-refractivity contribution in [3.8, 4) is 11.3 Å². The topological polar surface area (TPSA) is 68.5 Å². The van der Waals surface area contributed by atoms with Crippen LogP contribution in [0.3, 0.4) is 0 Å². The van der Waals surface area contributed by atoms with E-state index < -0.39 is 30.2 Å². The molecule has 1 aromatic carbocycles. The molecule has 0 spiro atoms. The van der Waals surface area contributed by atoms with Crippen LogP contribution in [0.2, 0.25) is 0 Å². The Kier molecular flexibility index (Phi) is 6.65. The average molecular weight is 383 g/mol. The first-order valence-corrected chi connectivity index (χ1v) is 8.44. The van der Waals surface area contributed by atoms with Crippen LogP contribution in [0.5, 0.6) is 0 Å². The fraction of sp³-hybridized carbons (Fsp3) is 0.368. The molecule has 0 aliphatic heterocycles. The van der Waals surface area contributed by atoms with Crippen LogP contribution in [0.15, 0.2) is 40.8 Å². The van der Waals surface area contributed by atoms with Gasteiger partial charge >= 0.3 is 12.1 Å². The highest BCUT2D eigenvalue weighted by Gasteiger charge is 2.30. The molecule has 1 N–H and O–H groups in total. The summed E-state index contributed by atoms with van der Waals surface area (Å²) >= 11 is 0. The van der Waals surface area contributed by atoms with E-state index in [0.29, 0.717) is 0 Å². The smallest absolute Gasteiger partial charge is 0.416 e. The van der Waals surface area contributed by atoms with E-state index in [9.17, 15) is 22.8 Å². The number of ether oxygens (including phenoxy) is 1. The molecule has 0 bridgehead atoms. The molecule has 2 aromatic rings. The van der Waals surface area contributed by atoms with Gasteiger partial charge in [0.1, 0.15) is 5.76 Å². The number of halogens is 3. The zero-order valence-corrected chi connectivity index (χ0v) is 14.9. The van der Waals surface area contributed by atoms with Crippen molar-refractivity contribution in [3.05, 3.63) is 47.7 Å². The third-order valence-corrected chi connectivity index (χ3v) is 3.75. The standard InChI is InChI=1S/C19H20F3NO4/c1-3-5-12(2)23-17(24)11-26-18(25)16-9-8-15(27-16)13-6-4-7-14(10-13)19(20,21)22/h4,6-10,12H,3,5,11H2,1-2H3,(H,23,24)/t12-/m0/s1. The number of hydrogen-bond donors (Lipinski definition) is 1. The number of alkyl halides is 3. The summed E-state index contributed by atoms with van der Waals surface area (Å²) in [5.41, 5.74) is -0.645. The average Bonchev–Trinajstić information content (AvgIpc) is 3.09. The number of nitrogens with one attached hydrogen (secondary N) is 1. The number of amides is 1. The zero-order valence-electron chi connectivity index (χ0n) is 14.9. The highest BCUT2D eigenvalue weighted by atomic mass is 19.4. The minimum absolute atomic E-state index is 0.0303. The number of carbonyl (C=O) groups is 2. The molecule has 0 saturated heterocycles. The van der Waals surface area contributed by atoms with Crippen molar-refractivity contribution in [1.82, 2.24) is 5.32 Å². The Hall–Kier alpha value is -2.77. The molecule has 146 valence electrons. The minimum atomic E-state index is -4.48. The van der Waals surface area contributed by atoms with E-state index in [0.717, 1.165) is 25.0 Å².